The SMILES string of the molecule is CCN(C)CCNS(=O)(=O)c1cc(N)ccc1Br. The molecular formula is C11H18BrN3O2S. The van der Waals surface area contributed by atoms with Crippen molar-refractivity contribution in [2.24, 2.45) is 0 Å². The topological polar surface area (TPSA) is 75.4 Å². The van der Waals surface area contributed by atoms with Crippen molar-refractivity contribution in [1.82, 2.24) is 9.62 Å². The van der Waals surface area contributed by atoms with Crippen LogP contribution in [0, 0.1) is 0 Å². The molecular weight excluding hydrogens is 318 g/mol. The average Bonchev–Trinajstić information content (AvgIpc) is 2.31. The lowest BCUT2D eigenvalue weighted by Gasteiger charge is -2.14. The normalized spacial score (nSPS) is 12.0. The molecule has 1 aromatic rings. The Bertz CT molecular complexity index is 505. The molecule has 0 heterocycles. The highest BCUT2D eigenvalue weighted by atomic mass is 79.9. The predicted molar refractivity (Wildman–Crippen MR) is 76.9 cm³/mol. The summed E-state index contributed by atoms with van der Waals surface area (Å²) in [6, 6.07) is 4.71. The second kappa shape index (κ2) is 6.51. The first kappa shape index (κ1) is 15.4. The van der Waals surface area contributed by atoms with Crippen molar-refractivity contribution in [2.45, 2.75) is 11.8 Å². The third-order valence-corrected chi connectivity index (χ3v) is 5.03. The molecule has 0 bridgehead atoms. The smallest absolute Gasteiger partial charge is 0.241 e. The van der Waals surface area contributed by atoms with Gasteiger partial charge in [0.25, 0.3) is 0 Å². The Kier molecular flexibility index (Phi) is 5.58. The van der Waals surface area contributed by atoms with E-state index in [1.165, 1.54) is 6.07 Å². The van der Waals surface area contributed by atoms with Crippen LogP contribution in [0.4, 0.5) is 5.69 Å². The number of sulfonamides is 1. The van der Waals surface area contributed by atoms with E-state index in [9.17, 15) is 8.42 Å². The molecule has 0 aromatic heterocycles. The van der Waals surface area contributed by atoms with Crippen LogP contribution in [0.15, 0.2) is 27.6 Å². The minimum absolute atomic E-state index is 0.168. The van der Waals surface area contributed by atoms with Gasteiger partial charge in [0.15, 0.2) is 0 Å². The van der Waals surface area contributed by atoms with Crippen LogP contribution >= 0.6 is 15.9 Å². The minimum Gasteiger partial charge on any atom is -0.399 e. The van der Waals surface area contributed by atoms with Gasteiger partial charge in [-0.3, -0.25) is 0 Å². The van der Waals surface area contributed by atoms with E-state index in [1.807, 2.05) is 18.9 Å². The Labute approximate surface area is 117 Å². The van der Waals surface area contributed by atoms with Gasteiger partial charge in [0.2, 0.25) is 10.0 Å². The number of likely N-dealkylation sites (N-methyl/N-ethyl adjacent to an activating group) is 1. The Balaban J connectivity index is 2.77. The van der Waals surface area contributed by atoms with E-state index in [2.05, 4.69) is 20.7 Å². The maximum atomic E-state index is 12.1. The van der Waals surface area contributed by atoms with Gasteiger partial charge >= 0.3 is 0 Å². The van der Waals surface area contributed by atoms with Crippen molar-refractivity contribution in [3.8, 4) is 0 Å². The quantitative estimate of drug-likeness (QED) is 0.767. The van der Waals surface area contributed by atoms with Crippen molar-refractivity contribution in [3.05, 3.63) is 22.7 Å². The van der Waals surface area contributed by atoms with Gasteiger partial charge in [0.05, 0.1) is 4.90 Å². The van der Waals surface area contributed by atoms with E-state index in [0.717, 1.165) is 6.54 Å². The van der Waals surface area contributed by atoms with Crippen LogP contribution in [0.3, 0.4) is 0 Å². The molecule has 0 unspecified atom stereocenters. The number of rotatable bonds is 6. The van der Waals surface area contributed by atoms with Gasteiger partial charge in [-0.25, -0.2) is 13.1 Å². The molecule has 18 heavy (non-hydrogen) atoms. The molecule has 0 aliphatic heterocycles. The molecule has 0 amide bonds. The van der Waals surface area contributed by atoms with Gasteiger partial charge in [-0.1, -0.05) is 6.92 Å². The average molecular weight is 336 g/mol. The van der Waals surface area contributed by atoms with Crippen LogP contribution in [0.5, 0.6) is 0 Å². The first-order valence-electron chi connectivity index (χ1n) is 5.60. The molecule has 0 atom stereocenters. The number of nitrogens with zero attached hydrogens (tertiary/aromatic N) is 1. The number of nitrogens with one attached hydrogen (secondary N) is 1. The zero-order chi connectivity index (χ0) is 13.8. The highest BCUT2D eigenvalue weighted by Crippen LogP contribution is 2.23. The largest absolute Gasteiger partial charge is 0.399 e. The maximum absolute atomic E-state index is 12.1. The molecule has 0 spiro atoms. The minimum atomic E-state index is -3.52. The Hall–Kier alpha value is -0.630. The van der Waals surface area contributed by atoms with Crippen molar-refractivity contribution in [2.75, 3.05) is 32.4 Å². The lowest BCUT2D eigenvalue weighted by atomic mass is 10.3. The number of halogens is 1. The molecule has 7 heteroatoms. The number of hydrogen-bond donors (Lipinski definition) is 2. The standard InChI is InChI=1S/C11H18BrN3O2S/c1-3-15(2)7-6-14-18(16,17)11-8-9(13)4-5-10(11)12/h4-5,8,14H,3,6-7,13H2,1-2H3. The fourth-order valence-electron chi connectivity index (χ4n) is 1.33. The van der Waals surface area contributed by atoms with Gasteiger partial charge in [0, 0.05) is 23.2 Å². The zero-order valence-corrected chi connectivity index (χ0v) is 12.9. The number of anilines is 1. The highest BCUT2D eigenvalue weighted by Gasteiger charge is 2.17. The van der Waals surface area contributed by atoms with Crippen molar-refractivity contribution in [1.29, 1.82) is 0 Å². The van der Waals surface area contributed by atoms with Crippen molar-refractivity contribution >= 4 is 31.6 Å². The maximum Gasteiger partial charge on any atom is 0.241 e. The molecule has 0 aliphatic rings. The van der Waals surface area contributed by atoms with Crippen molar-refractivity contribution < 1.29 is 8.42 Å². The van der Waals surface area contributed by atoms with Gasteiger partial charge < -0.3 is 10.6 Å². The number of nitrogen functional groups attached to an aromatic ring is 1. The second-order valence-electron chi connectivity index (χ2n) is 3.98. The van der Waals surface area contributed by atoms with Crippen LogP contribution in [-0.4, -0.2) is 40.0 Å². The molecule has 102 valence electrons. The summed E-state index contributed by atoms with van der Waals surface area (Å²) in [6.07, 6.45) is 0. The fraction of sp³-hybridized carbons (Fsp3) is 0.455. The zero-order valence-electron chi connectivity index (χ0n) is 10.5. The van der Waals surface area contributed by atoms with E-state index in [-0.39, 0.29) is 4.90 Å². The molecule has 0 fully saturated rings. The summed E-state index contributed by atoms with van der Waals surface area (Å²) in [4.78, 5) is 2.19. The Morgan fingerprint density at radius 2 is 2.11 bits per heavy atom. The molecule has 0 saturated carbocycles. The molecule has 1 aromatic carbocycles. The second-order valence-corrected chi connectivity index (χ2v) is 6.57. The molecule has 3 N–H and O–H groups in total. The first-order valence-corrected chi connectivity index (χ1v) is 7.87. The van der Waals surface area contributed by atoms with Crippen molar-refractivity contribution in [3.63, 3.8) is 0 Å². The van der Waals surface area contributed by atoms with E-state index in [0.29, 0.717) is 23.2 Å². The van der Waals surface area contributed by atoms with Crippen LogP contribution in [0.25, 0.3) is 0 Å². The molecule has 0 radical (unpaired) electrons. The van der Waals surface area contributed by atoms with Gasteiger partial charge in [-0.15, -0.1) is 0 Å². The van der Waals surface area contributed by atoms with Crippen LogP contribution < -0.4 is 10.5 Å². The lowest BCUT2D eigenvalue weighted by Crippen LogP contribution is -2.33. The fourth-order valence-corrected chi connectivity index (χ4v) is 3.35. The highest BCUT2D eigenvalue weighted by molar-refractivity contribution is 9.10. The summed E-state index contributed by atoms with van der Waals surface area (Å²) in [6.45, 7) is 3.93. The Morgan fingerprint density at radius 1 is 1.44 bits per heavy atom. The monoisotopic (exact) mass is 335 g/mol. The number of nitrogens with two attached hydrogens (primary N) is 1. The molecule has 5 nitrogen and oxygen atoms in total. The van der Waals surface area contributed by atoms with E-state index in [4.69, 9.17) is 5.73 Å². The summed E-state index contributed by atoms with van der Waals surface area (Å²) in [7, 11) is -1.59. The van der Waals surface area contributed by atoms with E-state index >= 15 is 0 Å². The van der Waals surface area contributed by atoms with Crippen LogP contribution in [0.1, 0.15) is 6.92 Å². The Morgan fingerprint density at radius 3 is 2.72 bits per heavy atom. The molecule has 0 aliphatic carbocycles. The molecule has 0 saturated heterocycles. The molecule has 1 rings (SSSR count). The predicted octanol–water partition coefficient (Wildman–Crippen LogP) is 1.26. The number of hydrogen-bond acceptors (Lipinski definition) is 4. The summed E-state index contributed by atoms with van der Waals surface area (Å²) in [5, 5.41) is 0. The van der Waals surface area contributed by atoms with Crippen LogP contribution in [0.2, 0.25) is 0 Å². The summed E-state index contributed by atoms with van der Waals surface area (Å²) < 4.78 is 27.2. The van der Waals surface area contributed by atoms with E-state index in [1.54, 1.807) is 12.1 Å². The summed E-state index contributed by atoms with van der Waals surface area (Å²) in [5.41, 5.74) is 6.02. The van der Waals surface area contributed by atoms with Crippen LogP contribution in [-0.2, 0) is 10.0 Å². The third-order valence-electron chi connectivity index (χ3n) is 2.57. The summed E-state index contributed by atoms with van der Waals surface area (Å²) >= 11 is 3.22. The lowest BCUT2D eigenvalue weighted by molar-refractivity contribution is 0.358. The van der Waals surface area contributed by atoms with Gasteiger partial charge in [-0.05, 0) is 47.7 Å². The first-order chi connectivity index (χ1) is 8.36. The van der Waals surface area contributed by atoms with Gasteiger partial charge in [0.1, 0.15) is 0 Å². The number of benzene rings is 1. The van der Waals surface area contributed by atoms with E-state index < -0.39 is 10.0 Å². The third kappa shape index (κ3) is 4.24. The van der Waals surface area contributed by atoms with Gasteiger partial charge in [-0.2, -0.15) is 0 Å². The summed E-state index contributed by atoms with van der Waals surface area (Å²) in [5.74, 6) is 0.